The fourth-order valence-corrected chi connectivity index (χ4v) is 5.45. The third kappa shape index (κ3) is 3.67. The van der Waals surface area contributed by atoms with Crippen LogP contribution in [0.5, 0.6) is 0 Å². The summed E-state index contributed by atoms with van der Waals surface area (Å²) in [6, 6.07) is 16.2. The van der Waals surface area contributed by atoms with Gasteiger partial charge in [0.15, 0.2) is 5.69 Å². The van der Waals surface area contributed by atoms with E-state index < -0.39 is 15.9 Å². The van der Waals surface area contributed by atoms with Crippen LogP contribution in [0, 0.1) is 0 Å². The fraction of sp³-hybridized carbons (Fsp3) is 0.208. The Bertz CT molecular complexity index is 1410. The molecule has 0 aliphatic carbocycles. The molecular formula is C24H22N4O3S. The van der Waals surface area contributed by atoms with Gasteiger partial charge < -0.3 is 4.57 Å². The lowest BCUT2D eigenvalue weighted by atomic mass is 10.1. The van der Waals surface area contributed by atoms with Crippen molar-refractivity contribution in [1.29, 1.82) is 0 Å². The molecule has 0 fully saturated rings. The van der Waals surface area contributed by atoms with Crippen molar-refractivity contribution in [3.63, 3.8) is 0 Å². The van der Waals surface area contributed by atoms with Crippen molar-refractivity contribution in [2.45, 2.75) is 37.1 Å². The predicted octanol–water partition coefficient (Wildman–Crippen LogP) is 3.94. The number of aromatic nitrogens is 3. The van der Waals surface area contributed by atoms with Gasteiger partial charge in [0.05, 0.1) is 10.6 Å². The topological polar surface area (TPSA) is 93.9 Å². The number of sulfonamides is 1. The van der Waals surface area contributed by atoms with Crippen LogP contribution in [-0.4, -0.2) is 28.9 Å². The number of hydrogen-bond acceptors (Lipinski definition) is 5. The highest BCUT2D eigenvalue weighted by molar-refractivity contribution is 7.90. The first-order valence-corrected chi connectivity index (χ1v) is 12.1. The Labute approximate surface area is 186 Å². The number of rotatable bonds is 4. The minimum Gasteiger partial charge on any atom is -0.327 e. The van der Waals surface area contributed by atoms with Gasteiger partial charge in [-0.15, -0.1) is 0 Å². The van der Waals surface area contributed by atoms with Crippen molar-refractivity contribution in [3.8, 4) is 11.4 Å². The fourth-order valence-electron chi connectivity index (χ4n) is 4.26. The van der Waals surface area contributed by atoms with E-state index in [0.717, 1.165) is 37.1 Å². The monoisotopic (exact) mass is 446 g/mol. The molecular weight excluding hydrogens is 424 g/mol. The number of carbonyl (C=O) groups excluding carboxylic acids is 1. The average Bonchev–Trinajstić information content (AvgIpc) is 3.00. The quantitative estimate of drug-likeness (QED) is 0.512. The van der Waals surface area contributed by atoms with Gasteiger partial charge in [0, 0.05) is 35.3 Å². The molecule has 0 saturated heterocycles. The van der Waals surface area contributed by atoms with E-state index >= 15 is 0 Å². The summed E-state index contributed by atoms with van der Waals surface area (Å²) in [5.74, 6) is -0.00910. The SMILES string of the molecule is O=C(NS(=O)(=O)c1cccc2cnccc12)c1nc(-c2ccccc2)n2c1CCCCC2. The van der Waals surface area contributed by atoms with Crippen LogP contribution in [0.25, 0.3) is 22.2 Å². The summed E-state index contributed by atoms with van der Waals surface area (Å²) in [6.45, 7) is 0.753. The van der Waals surface area contributed by atoms with Gasteiger partial charge in [-0.2, -0.15) is 0 Å². The molecule has 1 aliphatic rings. The second-order valence-corrected chi connectivity index (χ2v) is 9.50. The molecule has 0 saturated carbocycles. The van der Waals surface area contributed by atoms with Crippen molar-refractivity contribution in [3.05, 3.63) is 78.4 Å². The maximum atomic E-state index is 13.2. The van der Waals surface area contributed by atoms with Crippen LogP contribution in [0.3, 0.4) is 0 Å². The Morgan fingerprint density at radius 1 is 0.969 bits per heavy atom. The van der Waals surface area contributed by atoms with Crippen LogP contribution < -0.4 is 4.72 Å². The van der Waals surface area contributed by atoms with Gasteiger partial charge >= 0.3 is 0 Å². The number of fused-ring (bicyclic) bond motifs is 2. The number of pyridine rings is 1. The van der Waals surface area contributed by atoms with Crippen molar-refractivity contribution >= 4 is 26.7 Å². The molecule has 162 valence electrons. The maximum Gasteiger partial charge on any atom is 0.285 e. The van der Waals surface area contributed by atoms with Gasteiger partial charge in [-0.3, -0.25) is 9.78 Å². The van der Waals surface area contributed by atoms with Gasteiger partial charge in [0.2, 0.25) is 0 Å². The van der Waals surface area contributed by atoms with Crippen molar-refractivity contribution in [2.75, 3.05) is 0 Å². The minimum atomic E-state index is -4.10. The molecule has 1 amide bonds. The molecule has 4 aromatic rings. The number of imidazole rings is 1. The summed E-state index contributed by atoms with van der Waals surface area (Å²) >= 11 is 0. The predicted molar refractivity (Wildman–Crippen MR) is 122 cm³/mol. The number of benzene rings is 2. The van der Waals surface area contributed by atoms with E-state index in [9.17, 15) is 13.2 Å². The molecule has 2 aromatic carbocycles. The Morgan fingerprint density at radius 3 is 2.66 bits per heavy atom. The smallest absolute Gasteiger partial charge is 0.285 e. The van der Waals surface area contributed by atoms with Crippen molar-refractivity contribution in [1.82, 2.24) is 19.3 Å². The highest BCUT2D eigenvalue weighted by atomic mass is 32.2. The third-order valence-electron chi connectivity index (χ3n) is 5.77. The molecule has 0 unspecified atom stereocenters. The third-order valence-corrected chi connectivity index (χ3v) is 7.16. The number of nitrogens with zero attached hydrogens (tertiary/aromatic N) is 3. The lowest BCUT2D eigenvalue weighted by molar-refractivity contribution is 0.0976. The molecule has 0 radical (unpaired) electrons. The normalized spacial score (nSPS) is 14.0. The van der Waals surface area contributed by atoms with Crippen LogP contribution in [0.2, 0.25) is 0 Å². The summed E-state index contributed by atoms with van der Waals surface area (Å²) in [4.78, 5) is 21.9. The highest BCUT2D eigenvalue weighted by Gasteiger charge is 2.28. The largest absolute Gasteiger partial charge is 0.327 e. The Hall–Kier alpha value is -3.52. The van der Waals surface area contributed by atoms with E-state index in [4.69, 9.17) is 0 Å². The molecule has 1 N–H and O–H groups in total. The second-order valence-electron chi connectivity index (χ2n) is 7.85. The van der Waals surface area contributed by atoms with E-state index in [1.165, 1.54) is 12.3 Å². The van der Waals surface area contributed by atoms with E-state index in [1.54, 1.807) is 24.4 Å². The van der Waals surface area contributed by atoms with Crippen LogP contribution in [0.4, 0.5) is 0 Å². The molecule has 2 aromatic heterocycles. The first-order chi connectivity index (χ1) is 15.5. The lowest BCUT2D eigenvalue weighted by Crippen LogP contribution is -2.31. The van der Waals surface area contributed by atoms with Crippen molar-refractivity contribution in [2.24, 2.45) is 0 Å². The molecule has 0 spiro atoms. The van der Waals surface area contributed by atoms with Crippen LogP contribution in [0.1, 0.15) is 35.4 Å². The number of carbonyl (C=O) groups is 1. The molecule has 1 aliphatic heterocycles. The number of amides is 1. The Morgan fingerprint density at radius 2 is 1.81 bits per heavy atom. The van der Waals surface area contributed by atoms with Gasteiger partial charge in [0.25, 0.3) is 15.9 Å². The second kappa shape index (κ2) is 8.20. The summed E-state index contributed by atoms with van der Waals surface area (Å²) in [6.07, 6.45) is 6.79. The lowest BCUT2D eigenvalue weighted by Gasteiger charge is -2.10. The first kappa shape index (κ1) is 20.4. The molecule has 8 heteroatoms. The molecule has 7 nitrogen and oxygen atoms in total. The van der Waals surface area contributed by atoms with Crippen LogP contribution in [-0.2, 0) is 23.0 Å². The standard InChI is InChI=1S/C24H22N4O3S/c29-24(27-32(30,31)21-12-7-10-18-16-25-14-13-19(18)21)22-20-11-5-2-6-15-28(20)23(26-22)17-8-3-1-4-9-17/h1,3-4,7-10,12-14,16H,2,5-6,11,15H2,(H,27,29). The Kier molecular flexibility index (Phi) is 5.22. The highest BCUT2D eigenvalue weighted by Crippen LogP contribution is 2.28. The first-order valence-electron chi connectivity index (χ1n) is 10.6. The summed E-state index contributed by atoms with van der Waals surface area (Å²) in [5.41, 5.74) is 1.87. The molecule has 32 heavy (non-hydrogen) atoms. The van der Waals surface area contributed by atoms with Crippen molar-refractivity contribution < 1.29 is 13.2 Å². The van der Waals surface area contributed by atoms with Crippen LogP contribution in [0.15, 0.2) is 71.9 Å². The zero-order valence-corrected chi connectivity index (χ0v) is 18.2. The molecule has 3 heterocycles. The van der Waals surface area contributed by atoms with Gasteiger partial charge in [0.1, 0.15) is 5.82 Å². The summed E-state index contributed by atoms with van der Waals surface area (Å²) < 4.78 is 30.6. The summed E-state index contributed by atoms with van der Waals surface area (Å²) in [5, 5.41) is 1.20. The van der Waals surface area contributed by atoms with E-state index in [0.29, 0.717) is 23.0 Å². The minimum absolute atomic E-state index is 0.0410. The molecule has 0 bridgehead atoms. The average molecular weight is 447 g/mol. The Balaban J connectivity index is 1.55. The van der Waals surface area contributed by atoms with Gasteiger partial charge in [-0.05, 0) is 31.4 Å². The number of nitrogens with one attached hydrogen (secondary N) is 1. The number of hydrogen-bond donors (Lipinski definition) is 1. The molecule has 0 atom stereocenters. The van der Waals surface area contributed by atoms with E-state index in [1.807, 2.05) is 30.3 Å². The van der Waals surface area contributed by atoms with Crippen LogP contribution >= 0.6 is 0 Å². The maximum absolute atomic E-state index is 13.2. The van der Waals surface area contributed by atoms with E-state index in [2.05, 4.69) is 19.3 Å². The van der Waals surface area contributed by atoms with Gasteiger partial charge in [-0.1, -0.05) is 48.9 Å². The van der Waals surface area contributed by atoms with Gasteiger partial charge in [-0.25, -0.2) is 18.1 Å². The molecule has 5 rings (SSSR count). The van der Waals surface area contributed by atoms with E-state index in [-0.39, 0.29) is 10.6 Å². The zero-order valence-electron chi connectivity index (χ0n) is 17.4. The summed E-state index contributed by atoms with van der Waals surface area (Å²) in [7, 11) is -4.10. The zero-order chi connectivity index (χ0) is 22.1.